The molecule has 0 unspecified atom stereocenters. The number of nitrogens with one attached hydrogen (secondary N) is 1. The molecule has 0 spiro atoms. The lowest BCUT2D eigenvalue weighted by Crippen LogP contribution is -1.79. The molecule has 0 aliphatic carbocycles. The molecule has 2 heteroatoms. The maximum atomic E-state index is 4.26. The highest BCUT2D eigenvalue weighted by molar-refractivity contribution is 5.63. The number of nitrogens with zero attached hydrogens (tertiary/aromatic N) is 1. The zero-order chi connectivity index (χ0) is 17.3. The SMILES string of the molecule is CC.CC.CC.CC.Cc1[nH]nc(-c2ccccc2)c1C. The van der Waals surface area contributed by atoms with E-state index in [1.807, 2.05) is 80.5 Å². The lowest BCUT2D eigenvalue weighted by molar-refractivity contribution is 1.05. The van der Waals surface area contributed by atoms with Crippen molar-refractivity contribution in [3.8, 4) is 11.3 Å². The summed E-state index contributed by atoms with van der Waals surface area (Å²) >= 11 is 0. The number of H-pyrrole nitrogens is 1. The summed E-state index contributed by atoms with van der Waals surface area (Å²) in [4.78, 5) is 0. The van der Waals surface area contributed by atoms with Gasteiger partial charge in [0.15, 0.2) is 0 Å². The Morgan fingerprint density at radius 2 is 1.14 bits per heavy atom. The standard InChI is InChI=1S/C11H12N2.4C2H6/c1-8-9(2)12-13-11(8)10-6-4-3-5-7-10;4*1-2/h3-7H,1-2H3,(H,12,13);4*1-2H3. The van der Waals surface area contributed by atoms with Gasteiger partial charge in [0.1, 0.15) is 0 Å². The first-order valence-corrected chi connectivity index (χ1v) is 8.36. The minimum Gasteiger partial charge on any atom is -0.282 e. The summed E-state index contributed by atoms with van der Waals surface area (Å²) in [6, 6.07) is 10.2. The largest absolute Gasteiger partial charge is 0.282 e. The Hall–Kier alpha value is -1.57. The van der Waals surface area contributed by atoms with E-state index in [1.54, 1.807) is 0 Å². The molecular weight excluding hydrogens is 256 g/mol. The van der Waals surface area contributed by atoms with E-state index >= 15 is 0 Å². The molecule has 0 saturated heterocycles. The second kappa shape index (κ2) is 18.4. The maximum Gasteiger partial charge on any atom is 0.0952 e. The van der Waals surface area contributed by atoms with Crippen molar-refractivity contribution >= 4 is 0 Å². The number of hydrogen-bond donors (Lipinski definition) is 1. The van der Waals surface area contributed by atoms with Gasteiger partial charge in [-0.3, -0.25) is 5.10 Å². The first-order chi connectivity index (χ1) is 10.3. The van der Waals surface area contributed by atoms with Gasteiger partial charge in [0.2, 0.25) is 0 Å². The number of rotatable bonds is 1. The molecule has 0 fully saturated rings. The lowest BCUT2D eigenvalue weighted by Gasteiger charge is -1.96. The van der Waals surface area contributed by atoms with Crippen LogP contribution >= 0.6 is 0 Å². The Labute approximate surface area is 133 Å². The molecule has 1 heterocycles. The zero-order valence-electron chi connectivity index (χ0n) is 15.8. The zero-order valence-corrected chi connectivity index (χ0v) is 15.8. The van der Waals surface area contributed by atoms with E-state index in [0.717, 1.165) is 11.4 Å². The normalized spacial score (nSPS) is 7.52. The van der Waals surface area contributed by atoms with Gasteiger partial charge in [-0.05, 0) is 19.4 Å². The average molecular weight is 293 g/mol. The molecule has 0 radical (unpaired) electrons. The molecule has 2 aromatic rings. The Balaban J connectivity index is -0.000000353. The van der Waals surface area contributed by atoms with Crippen LogP contribution in [0.2, 0.25) is 0 Å². The van der Waals surface area contributed by atoms with E-state index in [-0.39, 0.29) is 0 Å². The summed E-state index contributed by atoms with van der Waals surface area (Å²) < 4.78 is 0. The van der Waals surface area contributed by atoms with Crippen molar-refractivity contribution in [1.82, 2.24) is 10.2 Å². The smallest absolute Gasteiger partial charge is 0.0952 e. The van der Waals surface area contributed by atoms with Crippen molar-refractivity contribution in [2.45, 2.75) is 69.2 Å². The predicted molar refractivity (Wildman–Crippen MR) is 98.9 cm³/mol. The van der Waals surface area contributed by atoms with E-state index < -0.39 is 0 Å². The minimum atomic E-state index is 1.05. The van der Waals surface area contributed by atoms with Crippen molar-refractivity contribution in [2.24, 2.45) is 0 Å². The monoisotopic (exact) mass is 292 g/mol. The molecule has 0 saturated carbocycles. The molecule has 0 aliphatic heterocycles. The number of benzene rings is 1. The fraction of sp³-hybridized carbons (Fsp3) is 0.526. The molecule has 0 bridgehead atoms. The van der Waals surface area contributed by atoms with Crippen LogP contribution in [-0.2, 0) is 0 Å². The first kappa shape index (κ1) is 24.4. The van der Waals surface area contributed by atoms with Gasteiger partial charge in [-0.25, -0.2) is 0 Å². The summed E-state index contributed by atoms with van der Waals surface area (Å²) in [5.41, 5.74) is 4.59. The molecule has 1 N–H and O–H groups in total. The van der Waals surface area contributed by atoms with Gasteiger partial charge in [0.05, 0.1) is 5.69 Å². The van der Waals surface area contributed by atoms with Crippen LogP contribution in [-0.4, -0.2) is 10.2 Å². The second-order valence-corrected chi connectivity index (χ2v) is 3.19. The van der Waals surface area contributed by atoms with Gasteiger partial charge in [0, 0.05) is 11.3 Å². The van der Waals surface area contributed by atoms with Crippen LogP contribution in [0.1, 0.15) is 66.6 Å². The molecular formula is C19H36N2. The molecule has 122 valence electrons. The third-order valence-electron chi connectivity index (χ3n) is 2.30. The molecule has 21 heavy (non-hydrogen) atoms. The molecule has 2 nitrogen and oxygen atoms in total. The van der Waals surface area contributed by atoms with Crippen LogP contribution in [0.5, 0.6) is 0 Å². The summed E-state index contributed by atoms with van der Waals surface area (Å²) in [7, 11) is 0. The first-order valence-electron chi connectivity index (χ1n) is 8.36. The minimum absolute atomic E-state index is 1.05. The van der Waals surface area contributed by atoms with Crippen LogP contribution in [0.4, 0.5) is 0 Å². The third-order valence-corrected chi connectivity index (χ3v) is 2.30. The van der Waals surface area contributed by atoms with Crippen molar-refractivity contribution in [1.29, 1.82) is 0 Å². The van der Waals surface area contributed by atoms with E-state index in [4.69, 9.17) is 0 Å². The number of aromatic amines is 1. The Kier molecular flexibility index (Phi) is 21.5. The highest BCUT2D eigenvalue weighted by atomic mass is 15.1. The molecule has 0 amide bonds. The highest BCUT2D eigenvalue weighted by Crippen LogP contribution is 2.21. The second-order valence-electron chi connectivity index (χ2n) is 3.19. The van der Waals surface area contributed by atoms with Gasteiger partial charge in [-0.1, -0.05) is 85.7 Å². The van der Waals surface area contributed by atoms with E-state index in [9.17, 15) is 0 Å². The summed E-state index contributed by atoms with van der Waals surface area (Å²) in [6.45, 7) is 20.1. The Morgan fingerprint density at radius 3 is 1.48 bits per heavy atom. The molecule has 1 aromatic heterocycles. The van der Waals surface area contributed by atoms with Crippen LogP contribution in [0.3, 0.4) is 0 Å². The summed E-state index contributed by atoms with van der Waals surface area (Å²) in [6.07, 6.45) is 0. The van der Waals surface area contributed by atoms with Gasteiger partial charge >= 0.3 is 0 Å². The average Bonchev–Trinajstić information content (AvgIpc) is 2.95. The fourth-order valence-corrected chi connectivity index (χ4v) is 1.36. The number of aromatic nitrogens is 2. The molecule has 2 rings (SSSR count). The van der Waals surface area contributed by atoms with Crippen molar-refractivity contribution < 1.29 is 0 Å². The summed E-state index contributed by atoms with van der Waals surface area (Å²) in [5.74, 6) is 0. The third kappa shape index (κ3) is 9.06. The van der Waals surface area contributed by atoms with Gasteiger partial charge in [-0.15, -0.1) is 0 Å². The van der Waals surface area contributed by atoms with Crippen LogP contribution in [0, 0.1) is 13.8 Å². The van der Waals surface area contributed by atoms with Crippen molar-refractivity contribution in [2.75, 3.05) is 0 Å². The van der Waals surface area contributed by atoms with Crippen LogP contribution in [0.15, 0.2) is 30.3 Å². The molecule has 0 aliphatic rings. The summed E-state index contributed by atoms with van der Waals surface area (Å²) in [5, 5.41) is 7.25. The Bertz CT molecular complexity index is 403. The van der Waals surface area contributed by atoms with Crippen molar-refractivity contribution in [3.05, 3.63) is 41.6 Å². The van der Waals surface area contributed by atoms with E-state index in [1.165, 1.54) is 11.1 Å². The predicted octanol–water partition coefficient (Wildman–Crippen LogP) is 6.80. The van der Waals surface area contributed by atoms with Gasteiger partial charge < -0.3 is 0 Å². The van der Waals surface area contributed by atoms with E-state index in [2.05, 4.69) is 29.3 Å². The van der Waals surface area contributed by atoms with Crippen LogP contribution < -0.4 is 0 Å². The highest BCUT2D eigenvalue weighted by Gasteiger charge is 2.06. The number of hydrogen-bond acceptors (Lipinski definition) is 1. The topological polar surface area (TPSA) is 28.7 Å². The molecule has 0 atom stereocenters. The quantitative estimate of drug-likeness (QED) is 0.615. The van der Waals surface area contributed by atoms with E-state index in [0.29, 0.717) is 0 Å². The lowest BCUT2D eigenvalue weighted by atomic mass is 10.1. The fourth-order valence-electron chi connectivity index (χ4n) is 1.36. The van der Waals surface area contributed by atoms with Crippen molar-refractivity contribution in [3.63, 3.8) is 0 Å². The van der Waals surface area contributed by atoms with Gasteiger partial charge in [0.25, 0.3) is 0 Å². The maximum absolute atomic E-state index is 4.26. The molecule has 1 aromatic carbocycles. The Morgan fingerprint density at radius 1 is 0.714 bits per heavy atom. The number of aryl methyl sites for hydroxylation is 1. The van der Waals surface area contributed by atoms with Gasteiger partial charge in [-0.2, -0.15) is 5.10 Å². The van der Waals surface area contributed by atoms with Crippen LogP contribution in [0.25, 0.3) is 11.3 Å².